The average molecular weight is 404 g/mol. The maximum absolute atomic E-state index is 13.1. The molecule has 0 N–H and O–H groups in total. The SMILES string of the molecule is COC1=C(OC)C2OC(c3ccc(OC)c(OC)c3)=CC(=O)C2C(OC)=C1OC. The maximum Gasteiger partial charge on any atom is 0.206 e. The fourth-order valence-electron chi connectivity index (χ4n) is 3.53. The highest BCUT2D eigenvalue weighted by Crippen LogP contribution is 2.43. The smallest absolute Gasteiger partial charge is 0.206 e. The molecular weight excluding hydrogens is 380 g/mol. The average Bonchev–Trinajstić information content (AvgIpc) is 2.76. The van der Waals surface area contributed by atoms with E-state index in [4.69, 9.17) is 33.2 Å². The van der Waals surface area contributed by atoms with Crippen LogP contribution in [0.1, 0.15) is 5.56 Å². The van der Waals surface area contributed by atoms with Crippen molar-refractivity contribution in [2.24, 2.45) is 5.92 Å². The molecule has 0 fully saturated rings. The predicted octanol–water partition coefficient (Wildman–Crippen LogP) is 2.65. The molecule has 0 radical (unpaired) electrons. The molecule has 0 aromatic heterocycles. The first-order valence-corrected chi connectivity index (χ1v) is 8.83. The fourth-order valence-corrected chi connectivity index (χ4v) is 3.53. The van der Waals surface area contributed by atoms with Crippen LogP contribution in [0, 0.1) is 5.92 Å². The lowest BCUT2D eigenvalue weighted by Gasteiger charge is -2.37. The molecular formula is C21H24O8. The summed E-state index contributed by atoms with van der Waals surface area (Å²) in [7, 11) is 9.00. The number of rotatable bonds is 7. The Morgan fingerprint density at radius 3 is 1.93 bits per heavy atom. The first-order valence-electron chi connectivity index (χ1n) is 8.83. The van der Waals surface area contributed by atoms with E-state index in [0.717, 1.165) is 0 Å². The normalized spacial score (nSPS) is 21.0. The van der Waals surface area contributed by atoms with Gasteiger partial charge in [0.15, 0.2) is 34.9 Å². The van der Waals surface area contributed by atoms with Crippen LogP contribution in [0.15, 0.2) is 47.3 Å². The Balaban J connectivity index is 2.11. The second-order valence-electron chi connectivity index (χ2n) is 6.20. The molecule has 0 spiro atoms. The summed E-state index contributed by atoms with van der Waals surface area (Å²) < 4.78 is 38.7. The van der Waals surface area contributed by atoms with Gasteiger partial charge in [-0.3, -0.25) is 4.79 Å². The van der Waals surface area contributed by atoms with E-state index < -0.39 is 12.0 Å². The van der Waals surface area contributed by atoms with Gasteiger partial charge in [-0.2, -0.15) is 0 Å². The van der Waals surface area contributed by atoms with Crippen LogP contribution < -0.4 is 9.47 Å². The summed E-state index contributed by atoms with van der Waals surface area (Å²) >= 11 is 0. The molecule has 2 unspecified atom stereocenters. The van der Waals surface area contributed by atoms with E-state index in [1.165, 1.54) is 34.5 Å². The highest BCUT2D eigenvalue weighted by molar-refractivity contribution is 6.01. The number of carbonyl (C=O) groups excluding carboxylic acids is 1. The minimum Gasteiger partial charge on any atom is -0.496 e. The Labute approximate surface area is 169 Å². The number of ketones is 1. The monoisotopic (exact) mass is 404 g/mol. The second-order valence-corrected chi connectivity index (χ2v) is 6.20. The van der Waals surface area contributed by atoms with Crippen molar-refractivity contribution in [3.63, 3.8) is 0 Å². The van der Waals surface area contributed by atoms with Crippen molar-refractivity contribution >= 4 is 11.5 Å². The van der Waals surface area contributed by atoms with Gasteiger partial charge in [0.25, 0.3) is 0 Å². The first kappa shape index (κ1) is 20.4. The number of allylic oxidation sites excluding steroid dienone is 1. The van der Waals surface area contributed by atoms with Gasteiger partial charge in [-0.25, -0.2) is 0 Å². The van der Waals surface area contributed by atoms with Gasteiger partial charge in [0.05, 0.1) is 42.7 Å². The minimum atomic E-state index is -0.774. The summed E-state index contributed by atoms with van der Waals surface area (Å²) in [6, 6.07) is 5.26. The molecule has 1 aliphatic heterocycles. The summed E-state index contributed by atoms with van der Waals surface area (Å²) in [4.78, 5) is 13.1. The molecule has 8 nitrogen and oxygen atoms in total. The largest absolute Gasteiger partial charge is 0.496 e. The first-order chi connectivity index (χ1) is 14.0. The van der Waals surface area contributed by atoms with Gasteiger partial charge in [-0.1, -0.05) is 0 Å². The third-order valence-electron chi connectivity index (χ3n) is 4.85. The standard InChI is InChI=1S/C21H24O8/c1-23-13-8-7-11(9-15(13)24-2)14-10-12(22)16-17(25-3)19(26-4)21(28-6)20(27-5)18(16)29-14/h7-10,16,18H,1-6H3. The molecule has 2 aliphatic rings. The van der Waals surface area contributed by atoms with E-state index in [1.807, 2.05) is 0 Å². The number of ether oxygens (including phenoxy) is 7. The van der Waals surface area contributed by atoms with Crippen molar-refractivity contribution in [2.75, 3.05) is 42.7 Å². The van der Waals surface area contributed by atoms with E-state index >= 15 is 0 Å². The van der Waals surface area contributed by atoms with Crippen molar-refractivity contribution in [3.8, 4) is 11.5 Å². The van der Waals surface area contributed by atoms with Crippen molar-refractivity contribution in [2.45, 2.75) is 6.10 Å². The molecule has 0 saturated carbocycles. The highest BCUT2D eigenvalue weighted by atomic mass is 16.6. The van der Waals surface area contributed by atoms with Gasteiger partial charge in [-0.05, 0) is 18.2 Å². The molecule has 1 heterocycles. The minimum absolute atomic E-state index is 0.206. The lowest BCUT2D eigenvalue weighted by Crippen LogP contribution is -2.41. The van der Waals surface area contributed by atoms with Crippen molar-refractivity contribution in [3.05, 3.63) is 52.9 Å². The molecule has 1 aromatic carbocycles. The molecule has 3 rings (SSSR count). The Morgan fingerprint density at radius 2 is 1.38 bits per heavy atom. The van der Waals surface area contributed by atoms with E-state index in [9.17, 15) is 4.79 Å². The van der Waals surface area contributed by atoms with E-state index in [2.05, 4.69) is 0 Å². The van der Waals surface area contributed by atoms with Crippen LogP contribution in [-0.2, 0) is 28.5 Å². The summed E-state index contributed by atoms with van der Waals surface area (Å²) in [6.45, 7) is 0. The van der Waals surface area contributed by atoms with Crippen molar-refractivity contribution in [1.82, 2.24) is 0 Å². The van der Waals surface area contributed by atoms with Gasteiger partial charge < -0.3 is 33.2 Å². The quantitative estimate of drug-likeness (QED) is 0.686. The number of benzene rings is 1. The number of fused-ring (bicyclic) bond motifs is 1. The van der Waals surface area contributed by atoms with Crippen LogP contribution in [0.2, 0.25) is 0 Å². The molecule has 156 valence electrons. The van der Waals surface area contributed by atoms with Crippen LogP contribution in [0.4, 0.5) is 0 Å². The van der Waals surface area contributed by atoms with Crippen LogP contribution in [0.3, 0.4) is 0 Å². The topological polar surface area (TPSA) is 81.7 Å². The fraction of sp³-hybridized carbons (Fsp3) is 0.381. The predicted molar refractivity (Wildman–Crippen MR) is 103 cm³/mol. The van der Waals surface area contributed by atoms with E-state index in [0.29, 0.717) is 45.9 Å². The maximum atomic E-state index is 13.1. The molecule has 1 aromatic rings. The Bertz CT molecular complexity index is 896. The molecule has 0 bridgehead atoms. The Kier molecular flexibility index (Phi) is 5.91. The Morgan fingerprint density at radius 1 is 0.759 bits per heavy atom. The number of hydrogen-bond acceptors (Lipinski definition) is 8. The molecule has 2 atom stereocenters. The van der Waals surface area contributed by atoms with Gasteiger partial charge >= 0.3 is 0 Å². The van der Waals surface area contributed by atoms with Crippen LogP contribution >= 0.6 is 0 Å². The van der Waals surface area contributed by atoms with Crippen molar-refractivity contribution in [1.29, 1.82) is 0 Å². The Hall–Kier alpha value is -3.29. The highest BCUT2D eigenvalue weighted by Gasteiger charge is 2.48. The molecule has 29 heavy (non-hydrogen) atoms. The van der Waals surface area contributed by atoms with Gasteiger partial charge in [0, 0.05) is 11.6 Å². The molecule has 1 aliphatic carbocycles. The van der Waals surface area contributed by atoms with Crippen LogP contribution in [0.5, 0.6) is 11.5 Å². The number of carbonyl (C=O) groups is 1. The molecule has 0 saturated heterocycles. The van der Waals surface area contributed by atoms with E-state index in [1.54, 1.807) is 32.4 Å². The second kappa shape index (κ2) is 8.38. The summed E-state index contributed by atoms with van der Waals surface area (Å²) in [5, 5.41) is 0. The van der Waals surface area contributed by atoms with Gasteiger partial charge in [-0.15, -0.1) is 0 Å². The third-order valence-corrected chi connectivity index (χ3v) is 4.85. The zero-order chi connectivity index (χ0) is 21.1. The summed E-state index contributed by atoms with van der Waals surface area (Å²) in [6.07, 6.45) is 0.657. The summed E-state index contributed by atoms with van der Waals surface area (Å²) in [5.74, 6) is 1.78. The lowest BCUT2D eigenvalue weighted by molar-refractivity contribution is -0.123. The molecule has 0 amide bonds. The third kappa shape index (κ3) is 3.35. The van der Waals surface area contributed by atoms with Crippen molar-refractivity contribution < 1.29 is 38.0 Å². The molecule has 8 heteroatoms. The van der Waals surface area contributed by atoms with Gasteiger partial charge in [0.2, 0.25) is 11.5 Å². The lowest BCUT2D eigenvalue weighted by atomic mass is 9.85. The van der Waals surface area contributed by atoms with Gasteiger partial charge in [0.1, 0.15) is 11.7 Å². The summed E-state index contributed by atoms with van der Waals surface area (Å²) in [5.41, 5.74) is 0.657. The van der Waals surface area contributed by atoms with Crippen LogP contribution in [-0.4, -0.2) is 54.5 Å². The number of methoxy groups -OCH3 is 6. The van der Waals surface area contributed by atoms with E-state index in [-0.39, 0.29) is 5.78 Å². The number of hydrogen-bond donors (Lipinski definition) is 0. The zero-order valence-corrected chi connectivity index (χ0v) is 17.2. The van der Waals surface area contributed by atoms with Crippen LogP contribution in [0.25, 0.3) is 5.76 Å². The zero-order valence-electron chi connectivity index (χ0n) is 17.2.